The minimum Gasteiger partial charge on any atom is -0.385 e. The van der Waals surface area contributed by atoms with Crippen LogP contribution in [0.4, 0.5) is 5.82 Å². The van der Waals surface area contributed by atoms with E-state index in [4.69, 9.17) is 4.74 Å². The summed E-state index contributed by atoms with van der Waals surface area (Å²) in [5.74, 6) is 2.07. The van der Waals surface area contributed by atoms with E-state index in [0.717, 1.165) is 68.4 Å². The number of sulfonamides is 1. The first-order valence-electron chi connectivity index (χ1n) is 11.5. The summed E-state index contributed by atoms with van der Waals surface area (Å²) in [6, 6.07) is 2.39. The summed E-state index contributed by atoms with van der Waals surface area (Å²) in [4.78, 5) is 14.2. The van der Waals surface area contributed by atoms with Crippen molar-refractivity contribution in [1.29, 1.82) is 0 Å². The van der Waals surface area contributed by atoms with Crippen LogP contribution in [0.2, 0.25) is 0 Å². The molecule has 31 heavy (non-hydrogen) atoms. The Morgan fingerprint density at radius 1 is 1.13 bits per heavy atom. The fraction of sp³-hybridized carbons (Fsp3) is 0.727. The topological polar surface area (TPSA) is 91.4 Å². The number of ether oxygens (including phenoxy) is 1. The van der Waals surface area contributed by atoms with Crippen LogP contribution in [0.1, 0.15) is 44.9 Å². The van der Waals surface area contributed by atoms with Crippen molar-refractivity contribution in [3.05, 3.63) is 18.6 Å². The molecule has 0 amide bonds. The second kappa shape index (κ2) is 9.83. The van der Waals surface area contributed by atoms with Gasteiger partial charge in [-0.3, -0.25) is 0 Å². The lowest BCUT2D eigenvalue weighted by Gasteiger charge is -2.37. The van der Waals surface area contributed by atoms with Gasteiger partial charge in [0.15, 0.2) is 0 Å². The van der Waals surface area contributed by atoms with Gasteiger partial charge in [-0.05, 0) is 62.8 Å². The van der Waals surface area contributed by atoms with Gasteiger partial charge in [-0.15, -0.1) is 0 Å². The quantitative estimate of drug-likeness (QED) is 0.666. The maximum atomic E-state index is 13.0. The van der Waals surface area contributed by atoms with E-state index < -0.39 is 10.0 Å². The normalized spacial score (nSPS) is 23.9. The standard InChI is InChI=1S/C22H35N5O3S/c1-26(22-20-7-11-23-21(20)24-16-25-22)19-5-3-18(4-6-19)15-31(28,29)27-12-8-17(9-13-27)10-14-30-2/h7,11,16-19H,3-6,8-10,12-15H2,1-2H3,(H,23,24,25). The van der Waals surface area contributed by atoms with Crippen molar-refractivity contribution >= 4 is 26.9 Å². The summed E-state index contributed by atoms with van der Waals surface area (Å²) in [5.41, 5.74) is 0.850. The molecule has 0 bridgehead atoms. The first-order chi connectivity index (χ1) is 15.0. The monoisotopic (exact) mass is 449 g/mol. The molecule has 1 saturated heterocycles. The van der Waals surface area contributed by atoms with Crippen LogP contribution in [0.5, 0.6) is 0 Å². The van der Waals surface area contributed by atoms with Crippen LogP contribution in [0.25, 0.3) is 11.0 Å². The maximum Gasteiger partial charge on any atom is 0.214 e. The number of nitrogens with one attached hydrogen (secondary N) is 1. The van der Waals surface area contributed by atoms with Crippen molar-refractivity contribution in [2.45, 2.75) is 51.0 Å². The summed E-state index contributed by atoms with van der Waals surface area (Å²) in [6.07, 6.45) is 10.3. The Hall–Kier alpha value is -1.71. The highest BCUT2D eigenvalue weighted by atomic mass is 32.2. The van der Waals surface area contributed by atoms with Gasteiger partial charge in [-0.2, -0.15) is 0 Å². The second-order valence-corrected chi connectivity index (χ2v) is 11.1. The Bertz CT molecular complexity index is 947. The zero-order valence-electron chi connectivity index (χ0n) is 18.7. The fourth-order valence-corrected chi connectivity index (χ4v) is 7.08. The molecule has 0 unspecified atom stereocenters. The molecule has 0 spiro atoms. The lowest BCUT2D eigenvalue weighted by atomic mass is 9.86. The van der Waals surface area contributed by atoms with Crippen LogP contribution in [-0.4, -0.2) is 73.3 Å². The number of nitrogens with zero attached hydrogens (tertiary/aromatic N) is 4. The zero-order chi connectivity index (χ0) is 21.8. The number of fused-ring (bicyclic) bond motifs is 1. The van der Waals surface area contributed by atoms with Crippen LogP contribution in [0.3, 0.4) is 0 Å². The third-order valence-corrected chi connectivity index (χ3v) is 9.22. The smallest absolute Gasteiger partial charge is 0.214 e. The molecule has 8 nitrogen and oxygen atoms in total. The molecule has 172 valence electrons. The number of rotatable bonds is 8. The largest absolute Gasteiger partial charge is 0.385 e. The van der Waals surface area contributed by atoms with Crippen LogP contribution in [-0.2, 0) is 14.8 Å². The molecular formula is C22H35N5O3S. The number of anilines is 1. The molecular weight excluding hydrogens is 414 g/mol. The van der Waals surface area contributed by atoms with Crippen molar-refractivity contribution in [3.63, 3.8) is 0 Å². The van der Waals surface area contributed by atoms with E-state index in [2.05, 4.69) is 26.9 Å². The maximum absolute atomic E-state index is 13.0. The van der Waals surface area contributed by atoms with Crippen molar-refractivity contribution < 1.29 is 13.2 Å². The van der Waals surface area contributed by atoms with Gasteiger partial charge in [0.25, 0.3) is 0 Å². The Balaban J connectivity index is 1.28. The van der Waals surface area contributed by atoms with E-state index in [1.807, 2.05) is 12.3 Å². The van der Waals surface area contributed by atoms with E-state index in [9.17, 15) is 8.42 Å². The van der Waals surface area contributed by atoms with E-state index >= 15 is 0 Å². The molecule has 1 aliphatic heterocycles. The van der Waals surface area contributed by atoms with Gasteiger partial charge >= 0.3 is 0 Å². The molecule has 1 N–H and O–H groups in total. The summed E-state index contributed by atoms with van der Waals surface area (Å²) in [6.45, 7) is 2.09. The van der Waals surface area contributed by atoms with Crippen molar-refractivity contribution in [2.24, 2.45) is 11.8 Å². The summed E-state index contributed by atoms with van der Waals surface area (Å²) in [7, 11) is 0.636. The zero-order valence-corrected chi connectivity index (χ0v) is 19.5. The number of piperidine rings is 1. The van der Waals surface area contributed by atoms with Crippen LogP contribution >= 0.6 is 0 Å². The van der Waals surface area contributed by atoms with Crippen molar-refractivity contribution in [3.8, 4) is 0 Å². The predicted octanol–water partition coefficient (Wildman–Crippen LogP) is 3.03. The summed E-state index contributed by atoms with van der Waals surface area (Å²) >= 11 is 0. The first-order valence-corrected chi connectivity index (χ1v) is 13.1. The molecule has 0 atom stereocenters. The Labute approximate surface area is 185 Å². The third kappa shape index (κ3) is 5.21. The molecule has 0 radical (unpaired) electrons. The number of aromatic nitrogens is 3. The van der Waals surface area contributed by atoms with Gasteiger partial charge in [0.2, 0.25) is 10.0 Å². The molecule has 3 heterocycles. The van der Waals surface area contributed by atoms with E-state index in [-0.39, 0.29) is 5.92 Å². The number of hydrogen-bond donors (Lipinski definition) is 1. The van der Waals surface area contributed by atoms with E-state index in [1.165, 1.54) is 0 Å². The van der Waals surface area contributed by atoms with E-state index in [0.29, 0.717) is 30.8 Å². The Kier molecular flexibility index (Phi) is 7.13. The molecule has 2 aromatic heterocycles. The lowest BCUT2D eigenvalue weighted by molar-refractivity contribution is 0.158. The highest BCUT2D eigenvalue weighted by Crippen LogP contribution is 2.33. The van der Waals surface area contributed by atoms with Gasteiger partial charge in [-0.1, -0.05) is 0 Å². The van der Waals surface area contributed by atoms with Gasteiger partial charge in [-0.25, -0.2) is 22.7 Å². The summed E-state index contributed by atoms with van der Waals surface area (Å²) < 4.78 is 32.9. The number of hydrogen-bond acceptors (Lipinski definition) is 6. The highest BCUT2D eigenvalue weighted by molar-refractivity contribution is 7.89. The van der Waals surface area contributed by atoms with E-state index in [1.54, 1.807) is 17.7 Å². The molecule has 2 aromatic rings. The van der Waals surface area contributed by atoms with Gasteiger partial charge in [0.1, 0.15) is 17.8 Å². The summed E-state index contributed by atoms with van der Waals surface area (Å²) in [5, 5.41) is 1.03. The average Bonchev–Trinajstić information content (AvgIpc) is 3.27. The number of methoxy groups -OCH3 is 1. The molecule has 2 fully saturated rings. The minimum atomic E-state index is -3.17. The Morgan fingerprint density at radius 3 is 2.58 bits per heavy atom. The minimum absolute atomic E-state index is 0.249. The molecule has 1 aliphatic carbocycles. The number of aromatic amines is 1. The SMILES string of the molecule is COCCC1CCN(S(=O)(=O)CC2CCC(N(C)c3ncnc4[nH]ccc34)CC2)CC1. The fourth-order valence-electron chi connectivity index (χ4n) is 5.18. The third-order valence-electron chi connectivity index (χ3n) is 7.17. The average molecular weight is 450 g/mol. The number of H-pyrrole nitrogens is 1. The molecule has 4 rings (SSSR count). The van der Waals surface area contributed by atoms with Crippen LogP contribution < -0.4 is 4.90 Å². The molecule has 9 heteroatoms. The van der Waals surface area contributed by atoms with Crippen LogP contribution in [0.15, 0.2) is 18.6 Å². The first kappa shape index (κ1) is 22.5. The van der Waals surface area contributed by atoms with Crippen LogP contribution in [0, 0.1) is 11.8 Å². The molecule has 1 saturated carbocycles. The van der Waals surface area contributed by atoms with Gasteiger partial charge in [0.05, 0.1) is 11.1 Å². The predicted molar refractivity (Wildman–Crippen MR) is 123 cm³/mol. The Morgan fingerprint density at radius 2 is 1.87 bits per heavy atom. The van der Waals surface area contributed by atoms with Gasteiger partial charge in [0, 0.05) is 46.1 Å². The van der Waals surface area contributed by atoms with Gasteiger partial charge < -0.3 is 14.6 Å². The lowest BCUT2D eigenvalue weighted by Crippen LogP contribution is -2.42. The molecule has 2 aliphatic rings. The molecule has 0 aromatic carbocycles. The highest BCUT2D eigenvalue weighted by Gasteiger charge is 2.33. The second-order valence-electron chi connectivity index (χ2n) is 9.13. The van der Waals surface area contributed by atoms with Crippen molar-refractivity contribution in [1.82, 2.24) is 19.3 Å². The van der Waals surface area contributed by atoms with Crippen molar-refractivity contribution in [2.75, 3.05) is 44.5 Å².